The molecule has 0 aliphatic rings. The lowest BCUT2D eigenvalue weighted by Crippen LogP contribution is -1.90. The molecule has 0 fully saturated rings. The summed E-state index contributed by atoms with van der Waals surface area (Å²) >= 11 is 1.45. The number of thioether (sulfide) groups is 1. The zero-order valence-corrected chi connectivity index (χ0v) is 11.5. The van der Waals surface area contributed by atoms with E-state index in [9.17, 15) is 4.39 Å². The number of benzene rings is 2. The van der Waals surface area contributed by atoms with Crippen molar-refractivity contribution in [1.82, 2.24) is 4.98 Å². The van der Waals surface area contributed by atoms with Gasteiger partial charge >= 0.3 is 0 Å². The lowest BCUT2D eigenvalue weighted by molar-refractivity contribution is 0.603. The van der Waals surface area contributed by atoms with Crippen LogP contribution in [0.25, 0.3) is 10.9 Å². The number of hydrogen-bond donors (Lipinski definition) is 1. The molecule has 0 amide bonds. The molecule has 0 saturated carbocycles. The fourth-order valence-electron chi connectivity index (χ4n) is 2.07. The van der Waals surface area contributed by atoms with Crippen LogP contribution in [-0.2, 0) is 5.75 Å². The third kappa shape index (κ3) is 2.60. The van der Waals surface area contributed by atoms with Crippen molar-refractivity contribution in [2.75, 3.05) is 5.73 Å². The van der Waals surface area contributed by atoms with Crippen molar-refractivity contribution in [3.05, 3.63) is 66.1 Å². The summed E-state index contributed by atoms with van der Waals surface area (Å²) in [4.78, 5) is 5.01. The van der Waals surface area contributed by atoms with E-state index in [0.717, 1.165) is 16.5 Å². The zero-order chi connectivity index (χ0) is 13.9. The topological polar surface area (TPSA) is 38.9 Å². The van der Waals surface area contributed by atoms with Gasteiger partial charge < -0.3 is 5.73 Å². The second-order valence-electron chi connectivity index (χ2n) is 4.47. The highest BCUT2D eigenvalue weighted by atomic mass is 32.2. The normalized spacial score (nSPS) is 10.8. The van der Waals surface area contributed by atoms with E-state index in [1.165, 1.54) is 17.8 Å². The molecule has 100 valence electrons. The Bertz CT molecular complexity index is 753. The highest BCUT2D eigenvalue weighted by Gasteiger charge is 2.06. The second kappa shape index (κ2) is 5.51. The molecule has 0 radical (unpaired) electrons. The number of pyridine rings is 1. The third-order valence-corrected chi connectivity index (χ3v) is 4.15. The van der Waals surface area contributed by atoms with Crippen LogP contribution < -0.4 is 5.73 Å². The molecule has 20 heavy (non-hydrogen) atoms. The highest BCUT2D eigenvalue weighted by Crippen LogP contribution is 2.29. The van der Waals surface area contributed by atoms with Crippen molar-refractivity contribution in [2.45, 2.75) is 10.6 Å². The molecular formula is C16H13FN2S. The van der Waals surface area contributed by atoms with Gasteiger partial charge in [0.1, 0.15) is 5.82 Å². The molecule has 2 aromatic carbocycles. The summed E-state index contributed by atoms with van der Waals surface area (Å²) < 4.78 is 13.8. The molecule has 2 N–H and O–H groups in total. The van der Waals surface area contributed by atoms with Crippen LogP contribution in [0.1, 0.15) is 5.56 Å². The molecular weight excluding hydrogens is 271 g/mol. The summed E-state index contributed by atoms with van der Waals surface area (Å²) in [6.07, 6.45) is 1.78. The number of fused-ring (bicyclic) bond motifs is 1. The van der Waals surface area contributed by atoms with Gasteiger partial charge in [-0.25, -0.2) is 4.39 Å². The number of nitrogens with two attached hydrogens (primary N) is 1. The monoisotopic (exact) mass is 284 g/mol. The van der Waals surface area contributed by atoms with Gasteiger partial charge in [0.25, 0.3) is 0 Å². The van der Waals surface area contributed by atoms with E-state index < -0.39 is 0 Å². The molecule has 3 aromatic rings. The van der Waals surface area contributed by atoms with Crippen molar-refractivity contribution in [2.24, 2.45) is 0 Å². The van der Waals surface area contributed by atoms with Gasteiger partial charge in [-0.2, -0.15) is 0 Å². The van der Waals surface area contributed by atoms with Crippen molar-refractivity contribution < 1.29 is 4.39 Å². The van der Waals surface area contributed by atoms with Crippen LogP contribution >= 0.6 is 11.8 Å². The first-order chi connectivity index (χ1) is 9.74. The lowest BCUT2D eigenvalue weighted by Gasteiger charge is -2.07. The molecule has 0 aliphatic heterocycles. The number of para-hydroxylation sites is 1. The molecule has 0 atom stereocenters. The summed E-state index contributed by atoms with van der Waals surface area (Å²) in [5.74, 6) is 0.401. The molecule has 0 aliphatic carbocycles. The Balaban J connectivity index is 1.87. The standard InChI is InChI=1S/C16H13FN2S/c17-14-9-13(18)6-7-15(14)20-10-12-4-1-3-11-5-2-8-19-16(11)12/h1-9H,10,18H2. The molecule has 0 bridgehead atoms. The van der Waals surface area contributed by atoms with Gasteiger partial charge in [0.05, 0.1) is 5.52 Å². The van der Waals surface area contributed by atoms with E-state index >= 15 is 0 Å². The summed E-state index contributed by atoms with van der Waals surface area (Å²) in [7, 11) is 0. The second-order valence-corrected chi connectivity index (χ2v) is 5.49. The van der Waals surface area contributed by atoms with Crippen LogP contribution in [0.5, 0.6) is 0 Å². The molecule has 2 nitrogen and oxygen atoms in total. The maximum absolute atomic E-state index is 13.8. The van der Waals surface area contributed by atoms with Gasteiger partial charge in [0.15, 0.2) is 0 Å². The smallest absolute Gasteiger partial charge is 0.138 e. The minimum Gasteiger partial charge on any atom is -0.399 e. The predicted octanol–water partition coefficient (Wildman–Crippen LogP) is 4.25. The maximum Gasteiger partial charge on any atom is 0.138 e. The van der Waals surface area contributed by atoms with Crippen molar-refractivity contribution in [1.29, 1.82) is 0 Å². The van der Waals surface area contributed by atoms with Gasteiger partial charge in [0, 0.05) is 27.9 Å². The zero-order valence-electron chi connectivity index (χ0n) is 10.7. The van der Waals surface area contributed by atoms with Crippen LogP contribution in [0.15, 0.2) is 59.6 Å². The minimum absolute atomic E-state index is 0.275. The average molecular weight is 284 g/mol. The summed E-state index contributed by atoms with van der Waals surface area (Å²) in [5.41, 5.74) is 8.07. The van der Waals surface area contributed by atoms with Crippen molar-refractivity contribution in [3.63, 3.8) is 0 Å². The van der Waals surface area contributed by atoms with Crippen molar-refractivity contribution in [3.8, 4) is 0 Å². The maximum atomic E-state index is 13.8. The molecule has 4 heteroatoms. The van der Waals surface area contributed by atoms with E-state index in [4.69, 9.17) is 5.73 Å². The summed E-state index contributed by atoms with van der Waals surface area (Å²) in [5, 5.41) is 1.10. The number of halogens is 1. The molecule has 0 unspecified atom stereocenters. The largest absolute Gasteiger partial charge is 0.399 e. The first-order valence-corrected chi connectivity index (χ1v) is 7.23. The Morgan fingerprint density at radius 2 is 1.95 bits per heavy atom. The van der Waals surface area contributed by atoms with E-state index in [0.29, 0.717) is 16.3 Å². The summed E-state index contributed by atoms with van der Waals surface area (Å²) in [6, 6.07) is 14.8. The molecule has 0 saturated heterocycles. The SMILES string of the molecule is Nc1ccc(SCc2cccc3cccnc23)c(F)c1. The third-order valence-electron chi connectivity index (χ3n) is 3.06. The number of rotatable bonds is 3. The fraction of sp³-hybridized carbons (Fsp3) is 0.0625. The Morgan fingerprint density at radius 1 is 1.10 bits per heavy atom. The van der Waals surface area contributed by atoms with Gasteiger partial charge in [-0.05, 0) is 29.8 Å². The minimum atomic E-state index is -0.275. The number of aromatic nitrogens is 1. The Hall–Kier alpha value is -2.07. The van der Waals surface area contributed by atoms with Crippen molar-refractivity contribution >= 4 is 28.4 Å². The predicted molar refractivity (Wildman–Crippen MR) is 82.1 cm³/mol. The van der Waals surface area contributed by atoms with E-state index in [1.54, 1.807) is 18.3 Å². The molecule has 0 spiro atoms. The van der Waals surface area contributed by atoms with E-state index in [2.05, 4.69) is 4.98 Å². The molecule has 1 heterocycles. The molecule has 3 rings (SSSR count). The Kier molecular flexibility index (Phi) is 3.56. The number of hydrogen-bond acceptors (Lipinski definition) is 3. The fourth-order valence-corrected chi connectivity index (χ4v) is 2.98. The van der Waals surface area contributed by atoms with Gasteiger partial charge in [0.2, 0.25) is 0 Å². The van der Waals surface area contributed by atoms with Crippen LogP contribution in [-0.4, -0.2) is 4.98 Å². The van der Waals surface area contributed by atoms with Gasteiger partial charge in [-0.15, -0.1) is 11.8 Å². The summed E-state index contributed by atoms with van der Waals surface area (Å²) in [6.45, 7) is 0. The average Bonchev–Trinajstić information content (AvgIpc) is 2.46. The lowest BCUT2D eigenvalue weighted by atomic mass is 10.1. The quantitative estimate of drug-likeness (QED) is 0.577. The van der Waals surface area contributed by atoms with Crippen LogP contribution in [0.4, 0.5) is 10.1 Å². The van der Waals surface area contributed by atoms with E-state index in [-0.39, 0.29) is 5.82 Å². The van der Waals surface area contributed by atoms with Crippen LogP contribution in [0.3, 0.4) is 0 Å². The van der Waals surface area contributed by atoms with Crippen LogP contribution in [0, 0.1) is 5.82 Å². The number of nitrogen functional groups attached to an aromatic ring is 1. The van der Waals surface area contributed by atoms with Crippen LogP contribution in [0.2, 0.25) is 0 Å². The molecule has 1 aromatic heterocycles. The Labute approximate surface area is 120 Å². The van der Waals surface area contributed by atoms with E-state index in [1.807, 2.05) is 30.3 Å². The first kappa shape index (κ1) is 12.9. The number of nitrogens with zero attached hydrogens (tertiary/aromatic N) is 1. The van der Waals surface area contributed by atoms with Gasteiger partial charge in [-0.3, -0.25) is 4.98 Å². The first-order valence-electron chi connectivity index (χ1n) is 6.24. The van der Waals surface area contributed by atoms with Gasteiger partial charge in [-0.1, -0.05) is 24.3 Å². The number of anilines is 1. The highest BCUT2D eigenvalue weighted by molar-refractivity contribution is 7.98. The Morgan fingerprint density at radius 3 is 2.80 bits per heavy atom.